The van der Waals surface area contributed by atoms with Crippen LogP contribution in [0.5, 0.6) is 0 Å². The van der Waals surface area contributed by atoms with Gasteiger partial charge in [0.25, 0.3) is 0 Å². The topological polar surface area (TPSA) is 78.9 Å². The van der Waals surface area contributed by atoms with Crippen molar-refractivity contribution in [1.29, 1.82) is 0 Å². The minimum Gasteiger partial charge on any atom is -0.462 e. The largest absolute Gasteiger partial charge is 0.462 e. The summed E-state index contributed by atoms with van der Waals surface area (Å²) < 4.78 is 16.8. The molecule has 0 radical (unpaired) electrons. The highest BCUT2D eigenvalue weighted by atomic mass is 16.6. The molecule has 0 saturated heterocycles. The van der Waals surface area contributed by atoms with Crippen molar-refractivity contribution in [3.05, 3.63) is 146 Å². The summed E-state index contributed by atoms with van der Waals surface area (Å²) in [6.45, 7) is 6.28. The van der Waals surface area contributed by atoms with Crippen molar-refractivity contribution in [2.75, 3.05) is 13.2 Å². The molecule has 0 aromatic carbocycles. The smallest absolute Gasteiger partial charge is 0.306 e. The molecule has 0 aliphatic rings. The summed E-state index contributed by atoms with van der Waals surface area (Å²) in [4.78, 5) is 38.2. The lowest BCUT2D eigenvalue weighted by Crippen LogP contribution is -2.30. The summed E-state index contributed by atoms with van der Waals surface area (Å²) in [5, 5.41) is 0. The third-order valence-corrected chi connectivity index (χ3v) is 11.2. The highest BCUT2D eigenvalue weighted by Crippen LogP contribution is 2.13. The molecule has 1 unspecified atom stereocenters. The number of hydrogen-bond acceptors (Lipinski definition) is 6. The van der Waals surface area contributed by atoms with Gasteiger partial charge in [-0.05, 0) is 103 Å². The number of rotatable bonds is 48. The molecule has 1 atom stereocenters. The van der Waals surface area contributed by atoms with Crippen LogP contribution < -0.4 is 0 Å². The van der Waals surface area contributed by atoms with Gasteiger partial charge >= 0.3 is 17.9 Å². The van der Waals surface area contributed by atoms with E-state index in [1.54, 1.807) is 0 Å². The molecule has 0 aliphatic heterocycles. The monoisotopic (exact) mass is 965 g/mol. The number of carbonyl (C=O) groups is 3. The highest BCUT2D eigenvalue weighted by molar-refractivity contribution is 5.71. The number of allylic oxidation sites excluding steroid dienone is 24. The summed E-state index contributed by atoms with van der Waals surface area (Å²) in [5.41, 5.74) is 0. The fourth-order valence-corrected chi connectivity index (χ4v) is 7.10. The SMILES string of the molecule is CC\C=C/C=C\C=C/C=C\CCCCCCCC(=O)OCC(COC(=O)CCCCCCCC/C=C\C/C=C\C/C=C\C/C=C\CC)OC(=O)CCCCCCC\C=C/C=C\C=C/C=C\CCCCC. The first-order valence-corrected chi connectivity index (χ1v) is 27.9. The van der Waals surface area contributed by atoms with Gasteiger partial charge in [0.1, 0.15) is 13.2 Å². The molecule has 0 fully saturated rings. The van der Waals surface area contributed by atoms with Gasteiger partial charge in [0.2, 0.25) is 0 Å². The molecule has 0 amide bonds. The Labute approximate surface area is 429 Å². The van der Waals surface area contributed by atoms with E-state index >= 15 is 0 Å². The maximum Gasteiger partial charge on any atom is 0.306 e. The Balaban J connectivity index is 4.54. The van der Waals surface area contributed by atoms with Gasteiger partial charge in [-0.2, -0.15) is 0 Å². The Bertz CT molecular complexity index is 1580. The van der Waals surface area contributed by atoms with Crippen molar-refractivity contribution in [3.63, 3.8) is 0 Å². The molecule has 392 valence electrons. The molecule has 0 bridgehead atoms. The molecule has 0 N–H and O–H groups in total. The second-order valence-corrected chi connectivity index (χ2v) is 17.9. The van der Waals surface area contributed by atoms with Gasteiger partial charge in [0, 0.05) is 19.3 Å². The molecule has 0 aliphatic carbocycles. The van der Waals surface area contributed by atoms with Crippen LogP contribution in [-0.4, -0.2) is 37.2 Å². The van der Waals surface area contributed by atoms with Crippen LogP contribution in [0.4, 0.5) is 0 Å². The molecule has 70 heavy (non-hydrogen) atoms. The van der Waals surface area contributed by atoms with Crippen LogP contribution in [0.3, 0.4) is 0 Å². The third kappa shape index (κ3) is 54.2. The molecule has 6 nitrogen and oxygen atoms in total. The van der Waals surface area contributed by atoms with Crippen molar-refractivity contribution in [2.45, 2.75) is 226 Å². The minimum absolute atomic E-state index is 0.110. The first-order valence-electron chi connectivity index (χ1n) is 27.9. The molecule has 0 aromatic heterocycles. The normalized spacial score (nSPS) is 13.2. The van der Waals surface area contributed by atoms with Crippen LogP contribution in [0, 0.1) is 0 Å². The average molecular weight is 965 g/mol. The Hall–Kier alpha value is -4.71. The summed E-state index contributed by atoms with van der Waals surface area (Å²) in [6, 6.07) is 0. The molecule has 0 spiro atoms. The number of unbranched alkanes of at least 4 members (excludes halogenated alkanes) is 19. The number of ether oxygens (including phenoxy) is 3. The van der Waals surface area contributed by atoms with Gasteiger partial charge in [0.15, 0.2) is 6.10 Å². The van der Waals surface area contributed by atoms with E-state index in [2.05, 4.69) is 142 Å². The van der Waals surface area contributed by atoms with E-state index in [0.717, 1.165) is 148 Å². The first-order chi connectivity index (χ1) is 34.5. The van der Waals surface area contributed by atoms with Gasteiger partial charge in [-0.3, -0.25) is 14.4 Å². The lowest BCUT2D eigenvalue weighted by atomic mass is 10.1. The fourth-order valence-electron chi connectivity index (χ4n) is 7.10. The lowest BCUT2D eigenvalue weighted by molar-refractivity contribution is -0.167. The van der Waals surface area contributed by atoms with Crippen LogP contribution in [-0.2, 0) is 28.6 Å². The summed E-state index contributed by atoms with van der Waals surface area (Å²) in [5.74, 6) is -0.976. The van der Waals surface area contributed by atoms with Crippen LogP contribution in [0.25, 0.3) is 0 Å². The molecule has 0 saturated carbocycles. The number of hydrogen-bond donors (Lipinski definition) is 0. The quantitative estimate of drug-likeness (QED) is 0.0199. The molecular formula is C64H100O6. The van der Waals surface area contributed by atoms with Crippen LogP contribution in [0.2, 0.25) is 0 Å². The molecule has 0 heterocycles. The Morgan fingerprint density at radius 2 is 0.629 bits per heavy atom. The average Bonchev–Trinajstić information content (AvgIpc) is 3.36. The maximum absolute atomic E-state index is 12.9. The van der Waals surface area contributed by atoms with Crippen LogP contribution >= 0.6 is 0 Å². The van der Waals surface area contributed by atoms with Crippen molar-refractivity contribution >= 4 is 17.9 Å². The molecule has 0 rings (SSSR count). The second kappa shape index (κ2) is 56.9. The summed E-state index contributed by atoms with van der Waals surface area (Å²) in [6.07, 6.45) is 81.1. The summed E-state index contributed by atoms with van der Waals surface area (Å²) in [7, 11) is 0. The highest BCUT2D eigenvalue weighted by Gasteiger charge is 2.19. The molecular weight excluding hydrogens is 865 g/mol. The lowest BCUT2D eigenvalue weighted by Gasteiger charge is -2.18. The second-order valence-electron chi connectivity index (χ2n) is 17.9. The first kappa shape index (κ1) is 65.3. The zero-order chi connectivity index (χ0) is 50.7. The zero-order valence-electron chi connectivity index (χ0n) is 44.7. The van der Waals surface area contributed by atoms with E-state index in [-0.39, 0.29) is 37.5 Å². The van der Waals surface area contributed by atoms with E-state index < -0.39 is 6.10 Å². The van der Waals surface area contributed by atoms with Gasteiger partial charge in [0.05, 0.1) is 0 Å². The Kier molecular flexibility index (Phi) is 53.0. The van der Waals surface area contributed by atoms with E-state index in [4.69, 9.17) is 14.2 Å². The molecule has 0 aromatic rings. The number of esters is 3. The Morgan fingerprint density at radius 1 is 0.314 bits per heavy atom. The maximum atomic E-state index is 12.9. The van der Waals surface area contributed by atoms with Crippen LogP contribution in [0.1, 0.15) is 220 Å². The third-order valence-electron chi connectivity index (χ3n) is 11.2. The standard InChI is InChI=1S/C64H100O6/c1-4-7-10-13-16-19-22-25-28-30-32-34-36-39-42-45-48-51-54-57-63(66)69-60-61(59-68-62(65)56-53-50-47-44-41-38-35-27-24-21-18-15-12-9-6-3)70-64(67)58-55-52-49-46-43-40-37-33-31-29-26-23-20-17-14-11-8-5-2/h7,9-10,12,15-21,23-29,31-35,37,61H,4-6,8,11,13-14,22,30,36,38-60H2,1-3H3/b10-7-,12-9-,18-15-,19-16-,20-17-,24-21-,26-23-,28-25-,31-29-,34-32-,35-27-,37-33-. The van der Waals surface area contributed by atoms with Gasteiger partial charge < -0.3 is 14.2 Å². The van der Waals surface area contributed by atoms with Gasteiger partial charge in [-0.25, -0.2) is 0 Å². The van der Waals surface area contributed by atoms with Crippen molar-refractivity contribution in [3.8, 4) is 0 Å². The van der Waals surface area contributed by atoms with E-state index in [0.29, 0.717) is 12.8 Å². The summed E-state index contributed by atoms with van der Waals surface area (Å²) >= 11 is 0. The predicted molar refractivity (Wildman–Crippen MR) is 302 cm³/mol. The number of carbonyl (C=O) groups excluding carboxylic acids is 3. The van der Waals surface area contributed by atoms with Crippen molar-refractivity contribution in [2.24, 2.45) is 0 Å². The van der Waals surface area contributed by atoms with Gasteiger partial charge in [-0.15, -0.1) is 0 Å². The minimum atomic E-state index is -0.814. The van der Waals surface area contributed by atoms with Crippen molar-refractivity contribution in [1.82, 2.24) is 0 Å². The van der Waals surface area contributed by atoms with E-state index in [9.17, 15) is 14.4 Å². The fraction of sp³-hybridized carbons (Fsp3) is 0.578. The Morgan fingerprint density at radius 3 is 1.04 bits per heavy atom. The van der Waals surface area contributed by atoms with E-state index in [1.807, 2.05) is 24.3 Å². The molecule has 6 heteroatoms. The predicted octanol–water partition coefficient (Wildman–Crippen LogP) is 18.8. The zero-order valence-corrected chi connectivity index (χ0v) is 44.7. The van der Waals surface area contributed by atoms with E-state index in [1.165, 1.54) is 32.1 Å². The van der Waals surface area contributed by atoms with Crippen molar-refractivity contribution < 1.29 is 28.6 Å². The van der Waals surface area contributed by atoms with Crippen LogP contribution in [0.15, 0.2) is 146 Å². The van der Waals surface area contributed by atoms with Gasteiger partial charge in [-0.1, -0.05) is 244 Å².